The van der Waals surface area contributed by atoms with Gasteiger partial charge >= 0.3 is 0 Å². The summed E-state index contributed by atoms with van der Waals surface area (Å²) >= 11 is 1.44. The number of nitrogens with zero attached hydrogens (tertiary/aromatic N) is 3. The van der Waals surface area contributed by atoms with Gasteiger partial charge in [-0.2, -0.15) is 0 Å². The molecule has 1 N–H and O–H groups in total. The summed E-state index contributed by atoms with van der Waals surface area (Å²) < 4.78 is 40.2. The summed E-state index contributed by atoms with van der Waals surface area (Å²) in [4.78, 5) is 35.2. The molecule has 0 saturated heterocycles. The summed E-state index contributed by atoms with van der Waals surface area (Å²) in [7, 11) is 0. The van der Waals surface area contributed by atoms with Crippen molar-refractivity contribution >= 4 is 29.3 Å². The van der Waals surface area contributed by atoms with Gasteiger partial charge in [0, 0.05) is 24.4 Å². The number of anilines is 1. The van der Waals surface area contributed by atoms with E-state index >= 15 is 0 Å². The number of thioether (sulfide) groups is 1. The van der Waals surface area contributed by atoms with Crippen molar-refractivity contribution in [3.05, 3.63) is 46.5 Å². The lowest BCUT2D eigenvalue weighted by Crippen LogP contribution is -2.38. The van der Waals surface area contributed by atoms with Crippen molar-refractivity contribution < 1.29 is 22.8 Å². The fourth-order valence-electron chi connectivity index (χ4n) is 3.10. The highest BCUT2D eigenvalue weighted by Crippen LogP contribution is 2.20. The fraction of sp³-hybridized carbons (Fsp3) is 0.429. The summed E-state index contributed by atoms with van der Waals surface area (Å²) in [6, 6.07) is 1.65. The van der Waals surface area contributed by atoms with Gasteiger partial charge in [0.15, 0.2) is 22.6 Å². The van der Waals surface area contributed by atoms with Crippen LogP contribution in [-0.2, 0) is 16.0 Å². The summed E-state index contributed by atoms with van der Waals surface area (Å²) in [5.41, 5.74) is 2.01. The summed E-state index contributed by atoms with van der Waals surface area (Å²) in [5, 5.41) is 2.86. The molecule has 1 aromatic carbocycles. The van der Waals surface area contributed by atoms with E-state index < -0.39 is 29.0 Å². The molecule has 10 heteroatoms. The molecule has 6 nitrogen and oxygen atoms in total. The van der Waals surface area contributed by atoms with Crippen molar-refractivity contribution in [2.45, 2.75) is 45.2 Å². The number of rotatable bonds is 9. The Morgan fingerprint density at radius 2 is 1.74 bits per heavy atom. The highest BCUT2D eigenvalue weighted by Gasteiger charge is 2.20. The topological polar surface area (TPSA) is 75.2 Å². The minimum Gasteiger partial charge on any atom is -0.333 e. The SMILES string of the molecule is CCCN(CC(=O)Nc1ccc(F)c(F)c1F)C(=O)CCc1c(C)nc(SC)nc1C. The standard InChI is InChI=1S/C21H25F3N4O2S/c1-5-10-28(11-17(29)27-16-8-7-15(22)19(23)20(16)24)18(30)9-6-14-12(2)25-21(31-4)26-13(14)3/h7-8H,5-6,9-11H2,1-4H3,(H,27,29). The molecule has 168 valence electrons. The molecule has 0 bridgehead atoms. The number of aromatic nitrogens is 2. The third kappa shape index (κ3) is 6.43. The quantitative estimate of drug-likeness (QED) is 0.352. The van der Waals surface area contributed by atoms with Crippen LogP contribution in [0.15, 0.2) is 17.3 Å². The maximum absolute atomic E-state index is 13.8. The van der Waals surface area contributed by atoms with Gasteiger partial charge in [0.25, 0.3) is 0 Å². The van der Waals surface area contributed by atoms with E-state index in [4.69, 9.17) is 0 Å². The van der Waals surface area contributed by atoms with Crippen LogP contribution in [0, 0.1) is 31.3 Å². The molecular formula is C21H25F3N4O2S. The molecule has 0 radical (unpaired) electrons. The van der Waals surface area contributed by atoms with E-state index in [0.29, 0.717) is 24.5 Å². The maximum Gasteiger partial charge on any atom is 0.244 e. The molecule has 0 saturated carbocycles. The van der Waals surface area contributed by atoms with Gasteiger partial charge in [-0.3, -0.25) is 9.59 Å². The molecule has 2 aromatic rings. The van der Waals surface area contributed by atoms with Crippen LogP contribution < -0.4 is 5.32 Å². The maximum atomic E-state index is 13.8. The Bertz CT molecular complexity index is 949. The summed E-state index contributed by atoms with van der Waals surface area (Å²) in [5.74, 6) is -5.46. The molecule has 0 atom stereocenters. The van der Waals surface area contributed by atoms with Gasteiger partial charge in [-0.05, 0) is 50.6 Å². The van der Waals surface area contributed by atoms with Crippen LogP contribution in [0.1, 0.15) is 36.7 Å². The predicted molar refractivity (Wildman–Crippen MR) is 113 cm³/mol. The minimum absolute atomic E-state index is 0.149. The zero-order chi connectivity index (χ0) is 23.1. The molecule has 0 spiro atoms. The summed E-state index contributed by atoms with van der Waals surface area (Å²) in [6.07, 6.45) is 3.07. The average Bonchev–Trinajstić information content (AvgIpc) is 2.72. The van der Waals surface area contributed by atoms with E-state index in [1.165, 1.54) is 16.7 Å². The molecule has 0 aliphatic rings. The van der Waals surface area contributed by atoms with Crippen LogP contribution in [-0.4, -0.2) is 46.0 Å². The van der Waals surface area contributed by atoms with Crippen molar-refractivity contribution in [3.63, 3.8) is 0 Å². The number of benzene rings is 1. The Kier molecular flexibility index (Phi) is 8.85. The molecular weight excluding hydrogens is 429 g/mol. The first-order chi connectivity index (χ1) is 14.7. The zero-order valence-electron chi connectivity index (χ0n) is 17.9. The second-order valence-corrected chi connectivity index (χ2v) is 7.72. The number of hydrogen-bond donors (Lipinski definition) is 1. The Labute approximate surface area is 183 Å². The molecule has 0 aliphatic heterocycles. The van der Waals surface area contributed by atoms with Crippen LogP contribution in [0.25, 0.3) is 0 Å². The second kappa shape index (κ2) is 11.1. The first kappa shape index (κ1) is 24.6. The number of amides is 2. The van der Waals surface area contributed by atoms with Crippen LogP contribution in [0.4, 0.5) is 18.9 Å². The normalized spacial score (nSPS) is 10.8. The number of nitrogens with one attached hydrogen (secondary N) is 1. The first-order valence-corrected chi connectivity index (χ1v) is 11.0. The van der Waals surface area contributed by atoms with E-state index in [9.17, 15) is 22.8 Å². The lowest BCUT2D eigenvalue weighted by atomic mass is 10.1. The molecule has 1 heterocycles. The molecule has 31 heavy (non-hydrogen) atoms. The highest BCUT2D eigenvalue weighted by molar-refractivity contribution is 7.98. The molecule has 0 aliphatic carbocycles. The van der Waals surface area contributed by atoms with E-state index in [0.717, 1.165) is 29.1 Å². The van der Waals surface area contributed by atoms with E-state index in [1.54, 1.807) is 0 Å². The molecule has 0 fully saturated rings. The Hall–Kier alpha value is -2.62. The predicted octanol–water partition coefficient (Wildman–Crippen LogP) is 4.04. The van der Waals surface area contributed by atoms with Gasteiger partial charge in [-0.1, -0.05) is 18.7 Å². The van der Waals surface area contributed by atoms with Crippen LogP contribution in [0.2, 0.25) is 0 Å². The summed E-state index contributed by atoms with van der Waals surface area (Å²) in [6.45, 7) is 5.58. The Balaban J connectivity index is 2.04. The largest absolute Gasteiger partial charge is 0.333 e. The van der Waals surface area contributed by atoms with Crippen molar-refractivity contribution in [1.29, 1.82) is 0 Å². The van der Waals surface area contributed by atoms with Gasteiger partial charge in [0.05, 0.1) is 12.2 Å². The third-order valence-electron chi connectivity index (χ3n) is 4.66. The van der Waals surface area contributed by atoms with Gasteiger partial charge < -0.3 is 10.2 Å². The van der Waals surface area contributed by atoms with Crippen LogP contribution in [0.5, 0.6) is 0 Å². The number of hydrogen-bond acceptors (Lipinski definition) is 5. The highest BCUT2D eigenvalue weighted by atomic mass is 32.2. The van der Waals surface area contributed by atoms with Crippen LogP contribution in [0.3, 0.4) is 0 Å². The number of carbonyl (C=O) groups is 2. The number of halogens is 3. The van der Waals surface area contributed by atoms with Crippen LogP contribution >= 0.6 is 11.8 Å². The third-order valence-corrected chi connectivity index (χ3v) is 5.21. The first-order valence-electron chi connectivity index (χ1n) is 9.77. The molecule has 2 rings (SSSR count). The van der Waals surface area contributed by atoms with Crippen molar-refractivity contribution in [2.24, 2.45) is 0 Å². The average molecular weight is 455 g/mol. The van der Waals surface area contributed by atoms with Crippen molar-refractivity contribution in [3.8, 4) is 0 Å². The minimum atomic E-state index is -1.67. The van der Waals surface area contributed by atoms with Gasteiger partial charge in [-0.15, -0.1) is 0 Å². The van der Waals surface area contributed by atoms with Gasteiger partial charge in [-0.25, -0.2) is 23.1 Å². The van der Waals surface area contributed by atoms with Crippen molar-refractivity contribution in [2.75, 3.05) is 24.7 Å². The van der Waals surface area contributed by atoms with Gasteiger partial charge in [0.2, 0.25) is 11.8 Å². The fourth-order valence-corrected chi connectivity index (χ4v) is 3.56. The zero-order valence-corrected chi connectivity index (χ0v) is 18.7. The van der Waals surface area contributed by atoms with Gasteiger partial charge in [0.1, 0.15) is 0 Å². The molecule has 0 unspecified atom stereocenters. The lowest BCUT2D eigenvalue weighted by Gasteiger charge is -2.22. The monoisotopic (exact) mass is 454 g/mol. The molecule has 1 aromatic heterocycles. The second-order valence-electron chi connectivity index (χ2n) is 6.95. The Morgan fingerprint density at radius 3 is 2.32 bits per heavy atom. The van der Waals surface area contributed by atoms with Crippen molar-refractivity contribution in [1.82, 2.24) is 14.9 Å². The number of aryl methyl sites for hydroxylation is 2. The Morgan fingerprint density at radius 1 is 1.10 bits per heavy atom. The van der Waals surface area contributed by atoms with E-state index in [-0.39, 0.29) is 18.9 Å². The van der Waals surface area contributed by atoms with E-state index in [1.807, 2.05) is 27.0 Å². The van der Waals surface area contributed by atoms with E-state index in [2.05, 4.69) is 15.3 Å². The lowest BCUT2D eigenvalue weighted by molar-refractivity contribution is -0.134. The number of carbonyl (C=O) groups excluding carboxylic acids is 2. The smallest absolute Gasteiger partial charge is 0.244 e. The molecule has 2 amide bonds.